The third-order valence-electron chi connectivity index (χ3n) is 3.51. The summed E-state index contributed by atoms with van der Waals surface area (Å²) in [7, 11) is 2.51. The van der Waals surface area contributed by atoms with Crippen LogP contribution in [-0.4, -0.2) is 38.1 Å². The van der Waals surface area contributed by atoms with E-state index in [0.717, 1.165) is 11.1 Å². The van der Waals surface area contributed by atoms with Crippen molar-refractivity contribution in [1.82, 2.24) is 5.32 Å². The number of amides is 1. The molecule has 0 bridgehead atoms. The normalized spacial score (nSPS) is 12.9. The second-order valence-corrected chi connectivity index (χ2v) is 5.61. The lowest BCUT2D eigenvalue weighted by atomic mass is 9.97. The molecule has 0 saturated heterocycles. The number of nitrogens with one attached hydrogen (secondary N) is 1. The first-order valence-corrected chi connectivity index (χ1v) is 7.32. The molecule has 126 valence electrons. The zero-order valence-corrected chi connectivity index (χ0v) is 14.1. The quantitative estimate of drug-likeness (QED) is 0.808. The molecule has 1 rings (SSSR count). The van der Waals surface area contributed by atoms with Crippen LogP contribution in [0.15, 0.2) is 18.2 Å². The summed E-state index contributed by atoms with van der Waals surface area (Å²) in [5, 5.41) is 2.65. The molecule has 6 heteroatoms. The van der Waals surface area contributed by atoms with E-state index in [4.69, 9.17) is 4.74 Å². The maximum absolute atomic E-state index is 12.4. The molecule has 0 saturated carbocycles. The molecule has 2 atom stereocenters. The van der Waals surface area contributed by atoms with Crippen molar-refractivity contribution in [1.29, 1.82) is 0 Å². The van der Waals surface area contributed by atoms with Crippen molar-refractivity contribution >= 4 is 17.8 Å². The number of hydrogen-bond donors (Lipinski definition) is 1. The fourth-order valence-corrected chi connectivity index (χ4v) is 2.35. The number of carbonyl (C=O) groups excluding carboxylic acids is 3. The van der Waals surface area contributed by atoms with Crippen LogP contribution in [0, 0.1) is 19.8 Å². The molecule has 0 radical (unpaired) electrons. The summed E-state index contributed by atoms with van der Waals surface area (Å²) in [6.07, 6.45) is 0.00336. The second-order valence-electron chi connectivity index (χ2n) is 5.61. The van der Waals surface area contributed by atoms with E-state index in [9.17, 15) is 14.4 Å². The fourth-order valence-electron chi connectivity index (χ4n) is 2.35. The molecule has 0 heterocycles. The smallest absolute Gasteiger partial charge is 0.328 e. The lowest BCUT2D eigenvalue weighted by molar-refractivity contribution is -0.146. The number of rotatable bonds is 6. The lowest BCUT2D eigenvalue weighted by Crippen LogP contribution is -2.46. The van der Waals surface area contributed by atoms with Gasteiger partial charge in [0.25, 0.3) is 5.91 Å². The lowest BCUT2D eigenvalue weighted by Gasteiger charge is -2.22. The molecule has 6 nitrogen and oxygen atoms in total. The SMILES string of the molecule is COC(=O)C[C@@H](C)[C@H](NC(=O)c1cc(C)cc(C)c1)C(=O)OC. The highest BCUT2D eigenvalue weighted by Gasteiger charge is 2.30. The summed E-state index contributed by atoms with van der Waals surface area (Å²) in [6, 6.07) is 4.50. The Morgan fingerprint density at radius 3 is 2.09 bits per heavy atom. The highest BCUT2D eigenvalue weighted by atomic mass is 16.5. The van der Waals surface area contributed by atoms with E-state index in [2.05, 4.69) is 10.1 Å². The monoisotopic (exact) mass is 321 g/mol. The molecule has 1 amide bonds. The Morgan fingerprint density at radius 1 is 1.04 bits per heavy atom. The van der Waals surface area contributed by atoms with Crippen LogP contribution in [0.2, 0.25) is 0 Å². The van der Waals surface area contributed by atoms with Crippen LogP contribution in [0.5, 0.6) is 0 Å². The Balaban J connectivity index is 2.94. The van der Waals surface area contributed by atoms with E-state index in [1.165, 1.54) is 14.2 Å². The zero-order valence-electron chi connectivity index (χ0n) is 14.1. The zero-order chi connectivity index (χ0) is 17.6. The van der Waals surface area contributed by atoms with Crippen LogP contribution >= 0.6 is 0 Å². The van der Waals surface area contributed by atoms with Crippen molar-refractivity contribution in [2.24, 2.45) is 5.92 Å². The van der Waals surface area contributed by atoms with Gasteiger partial charge < -0.3 is 14.8 Å². The fraction of sp³-hybridized carbons (Fsp3) is 0.471. The van der Waals surface area contributed by atoms with E-state index in [0.29, 0.717) is 5.56 Å². The van der Waals surface area contributed by atoms with Gasteiger partial charge in [0, 0.05) is 5.56 Å². The first-order valence-electron chi connectivity index (χ1n) is 7.32. The van der Waals surface area contributed by atoms with Crippen LogP contribution in [0.25, 0.3) is 0 Å². The summed E-state index contributed by atoms with van der Waals surface area (Å²) in [5.74, 6) is -1.89. The third-order valence-corrected chi connectivity index (χ3v) is 3.51. The number of ether oxygens (including phenoxy) is 2. The molecule has 0 fully saturated rings. The number of hydrogen-bond acceptors (Lipinski definition) is 5. The molecular formula is C17H23NO5. The summed E-state index contributed by atoms with van der Waals surface area (Å²) < 4.78 is 9.33. The highest BCUT2D eigenvalue weighted by Crippen LogP contribution is 2.14. The minimum atomic E-state index is -0.924. The molecule has 0 aliphatic heterocycles. The predicted molar refractivity (Wildman–Crippen MR) is 85.0 cm³/mol. The van der Waals surface area contributed by atoms with E-state index >= 15 is 0 Å². The summed E-state index contributed by atoms with van der Waals surface area (Å²) in [6.45, 7) is 5.46. The molecule has 0 aromatic heterocycles. The Morgan fingerprint density at radius 2 is 1.61 bits per heavy atom. The maximum Gasteiger partial charge on any atom is 0.328 e. The number of esters is 2. The van der Waals surface area contributed by atoms with Gasteiger partial charge in [0.1, 0.15) is 6.04 Å². The van der Waals surface area contributed by atoms with Crippen LogP contribution in [0.4, 0.5) is 0 Å². The Bertz CT molecular complexity index is 576. The first kappa shape index (κ1) is 18.7. The summed E-state index contributed by atoms with van der Waals surface area (Å²) >= 11 is 0. The highest BCUT2D eigenvalue weighted by molar-refractivity contribution is 5.97. The Hall–Kier alpha value is -2.37. The van der Waals surface area contributed by atoms with Gasteiger partial charge in [0.05, 0.1) is 20.6 Å². The van der Waals surface area contributed by atoms with Crippen LogP contribution in [0.1, 0.15) is 34.8 Å². The first-order chi connectivity index (χ1) is 10.8. The molecule has 1 aromatic carbocycles. The molecule has 0 aliphatic rings. The Labute approximate surface area is 136 Å². The largest absolute Gasteiger partial charge is 0.469 e. The average molecular weight is 321 g/mol. The molecule has 0 unspecified atom stereocenters. The van der Waals surface area contributed by atoms with E-state index in [-0.39, 0.29) is 12.3 Å². The van der Waals surface area contributed by atoms with Crippen molar-refractivity contribution in [3.05, 3.63) is 34.9 Å². The van der Waals surface area contributed by atoms with Gasteiger partial charge in [0.15, 0.2) is 0 Å². The summed E-state index contributed by atoms with van der Waals surface area (Å²) in [5.41, 5.74) is 2.36. The number of methoxy groups -OCH3 is 2. The Kier molecular flexibility index (Phi) is 6.75. The minimum absolute atomic E-state index is 0.00336. The minimum Gasteiger partial charge on any atom is -0.469 e. The molecule has 0 spiro atoms. The molecule has 23 heavy (non-hydrogen) atoms. The molecule has 1 N–H and O–H groups in total. The van der Waals surface area contributed by atoms with E-state index < -0.39 is 23.9 Å². The van der Waals surface area contributed by atoms with Crippen LogP contribution in [0.3, 0.4) is 0 Å². The van der Waals surface area contributed by atoms with E-state index in [1.807, 2.05) is 19.9 Å². The molecule has 0 aliphatic carbocycles. The van der Waals surface area contributed by atoms with Gasteiger partial charge in [-0.1, -0.05) is 24.1 Å². The molecular weight excluding hydrogens is 298 g/mol. The number of benzene rings is 1. The van der Waals surface area contributed by atoms with Crippen molar-refractivity contribution < 1.29 is 23.9 Å². The van der Waals surface area contributed by atoms with Crippen molar-refractivity contribution in [3.63, 3.8) is 0 Å². The van der Waals surface area contributed by atoms with Gasteiger partial charge >= 0.3 is 11.9 Å². The third kappa shape index (κ3) is 5.39. The van der Waals surface area contributed by atoms with Crippen molar-refractivity contribution in [2.45, 2.75) is 33.2 Å². The number of aryl methyl sites for hydroxylation is 2. The van der Waals surface area contributed by atoms with Gasteiger partial charge in [-0.25, -0.2) is 4.79 Å². The van der Waals surface area contributed by atoms with Gasteiger partial charge in [-0.3, -0.25) is 9.59 Å². The van der Waals surface area contributed by atoms with Gasteiger partial charge in [-0.15, -0.1) is 0 Å². The average Bonchev–Trinajstić information content (AvgIpc) is 2.50. The number of carbonyl (C=O) groups is 3. The van der Waals surface area contributed by atoms with Gasteiger partial charge in [-0.2, -0.15) is 0 Å². The summed E-state index contributed by atoms with van der Waals surface area (Å²) in [4.78, 5) is 35.7. The van der Waals surface area contributed by atoms with Crippen LogP contribution < -0.4 is 5.32 Å². The van der Waals surface area contributed by atoms with Crippen LogP contribution in [-0.2, 0) is 19.1 Å². The maximum atomic E-state index is 12.4. The van der Waals surface area contributed by atoms with Crippen molar-refractivity contribution in [2.75, 3.05) is 14.2 Å². The standard InChI is InChI=1S/C17H23NO5/c1-10-6-11(2)8-13(7-10)16(20)18-15(17(21)23-5)12(3)9-14(19)22-4/h6-8,12,15H,9H2,1-5H3,(H,18,20)/t12-,15+/m1/s1. The molecule has 1 aromatic rings. The van der Waals surface area contributed by atoms with Crippen molar-refractivity contribution in [3.8, 4) is 0 Å². The predicted octanol–water partition coefficient (Wildman–Crippen LogP) is 1.77. The topological polar surface area (TPSA) is 81.7 Å². The van der Waals surface area contributed by atoms with E-state index in [1.54, 1.807) is 19.1 Å². The van der Waals surface area contributed by atoms with Gasteiger partial charge in [-0.05, 0) is 31.9 Å². The second kappa shape index (κ2) is 8.31. The van der Waals surface area contributed by atoms with Gasteiger partial charge in [0.2, 0.25) is 0 Å².